The maximum absolute atomic E-state index is 11.3. The lowest BCUT2D eigenvalue weighted by Gasteiger charge is -2.23. The fourth-order valence-corrected chi connectivity index (χ4v) is 3.38. The zero-order chi connectivity index (χ0) is 12.6. The van der Waals surface area contributed by atoms with E-state index in [1.54, 1.807) is 0 Å². The van der Waals surface area contributed by atoms with Gasteiger partial charge in [0, 0.05) is 0 Å². The van der Waals surface area contributed by atoms with Crippen LogP contribution in [0.4, 0.5) is 0 Å². The average molecular weight is 299 g/mol. The molecule has 0 spiro atoms. The van der Waals surface area contributed by atoms with Gasteiger partial charge in [0.2, 0.25) is 0 Å². The van der Waals surface area contributed by atoms with E-state index >= 15 is 0 Å². The molecule has 0 saturated heterocycles. The van der Waals surface area contributed by atoms with E-state index in [1.807, 2.05) is 6.92 Å². The second-order valence-corrected chi connectivity index (χ2v) is 5.11. The van der Waals surface area contributed by atoms with Gasteiger partial charge in [-0.2, -0.15) is 0 Å². The standard InChI is InChI=1S/C13H15BrO3/c1-7-8-5-3-4-6-9(8)11(14)12(17-2)10(7)13(15)16/h3-6H2,1-2H3,(H,15,16). The van der Waals surface area contributed by atoms with Crippen molar-refractivity contribution in [3.63, 3.8) is 0 Å². The Hall–Kier alpha value is -1.03. The van der Waals surface area contributed by atoms with Gasteiger partial charge in [-0.3, -0.25) is 0 Å². The molecule has 0 atom stereocenters. The van der Waals surface area contributed by atoms with Crippen LogP contribution in [0.15, 0.2) is 4.47 Å². The molecule has 0 unspecified atom stereocenters. The Labute approximate surface area is 109 Å². The number of hydrogen-bond acceptors (Lipinski definition) is 2. The minimum Gasteiger partial charge on any atom is -0.495 e. The van der Waals surface area contributed by atoms with Gasteiger partial charge in [0.25, 0.3) is 0 Å². The number of fused-ring (bicyclic) bond motifs is 1. The Balaban J connectivity index is 2.76. The van der Waals surface area contributed by atoms with E-state index in [0.717, 1.165) is 35.7 Å². The van der Waals surface area contributed by atoms with Crippen LogP contribution in [0.1, 0.15) is 39.9 Å². The Bertz CT molecular complexity index is 480. The van der Waals surface area contributed by atoms with Gasteiger partial charge in [-0.1, -0.05) is 0 Å². The Morgan fingerprint density at radius 1 is 1.29 bits per heavy atom. The van der Waals surface area contributed by atoms with Gasteiger partial charge in [0.1, 0.15) is 11.3 Å². The number of carboxylic acids is 1. The smallest absolute Gasteiger partial charge is 0.339 e. The van der Waals surface area contributed by atoms with Crippen LogP contribution in [-0.4, -0.2) is 18.2 Å². The normalized spacial score (nSPS) is 14.3. The van der Waals surface area contributed by atoms with Gasteiger partial charge in [0.05, 0.1) is 11.6 Å². The van der Waals surface area contributed by atoms with Gasteiger partial charge in [-0.05, 0) is 65.2 Å². The molecular weight excluding hydrogens is 284 g/mol. The quantitative estimate of drug-likeness (QED) is 0.911. The summed E-state index contributed by atoms with van der Waals surface area (Å²) in [6.45, 7) is 1.88. The molecule has 92 valence electrons. The van der Waals surface area contributed by atoms with Crippen molar-refractivity contribution in [3.05, 3.63) is 26.7 Å². The van der Waals surface area contributed by atoms with Crippen molar-refractivity contribution in [2.75, 3.05) is 7.11 Å². The van der Waals surface area contributed by atoms with Crippen LogP contribution in [0.5, 0.6) is 5.75 Å². The highest BCUT2D eigenvalue weighted by Crippen LogP contribution is 2.40. The molecule has 3 nitrogen and oxygen atoms in total. The molecule has 4 heteroatoms. The molecule has 2 rings (SSSR count). The fraction of sp³-hybridized carbons (Fsp3) is 0.462. The summed E-state index contributed by atoms with van der Waals surface area (Å²) in [5, 5.41) is 9.30. The molecule has 0 aliphatic heterocycles. The highest BCUT2D eigenvalue weighted by atomic mass is 79.9. The summed E-state index contributed by atoms with van der Waals surface area (Å²) in [6.07, 6.45) is 4.24. The summed E-state index contributed by atoms with van der Waals surface area (Å²) in [5.74, 6) is -0.468. The fourth-order valence-electron chi connectivity index (χ4n) is 2.58. The first kappa shape index (κ1) is 12.4. The number of carboxylic acid groups (broad SMARTS) is 1. The molecule has 1 aromatic rings. The van der Waals surface area contributed by atoms with Crippen molar-refractivity contribution in [3.8, 4) is 5.75 Å². The topological polar surface area (TPSA) is 46.5 Å². The first-order valence-electron chi connectivity index (χ1n) is 5.69. The predicted octanol–water partition coefficient (Wildman–Crippen LogP) is 3.34. The molecule has 1 aliphatic carbocycles. The zero-order valence-electron chi connectivity index (χ0n) is 9.97. The maximum Gasteiger partial charge on any atom is 0.339 e. The van der Waals surface area contributed by atoms with Gasteiger partial charge < -0.3 is 9.84 Å². The number of hydrogen-bond donors (Lipinski definition) is 1. The molecule has 0 heterocycles. The van der Waals surface area contributed by atoms with E-state index in [-0.39, 0.29) is 0 Å². The second kappa shape index (κ2) is 4.69. The van der Waals surface area contributed by atoms with Crippen LogP contribution in [0.2, 0.25) is 0 Å². The van der Waals surface area contributed by atoms with Crippen molar-refractivity contribution in [2.24, 2.45) is 0 Å². The highest BCUT2D eigenvalue weighted by Gasteiger charge is 2.26. The Morgan fingerprint density at radius 3 is 2.41 bits per heavy atom. The summed E-state index contributed by atoms with van der Waals surface area (Å²) < 4.78 is 6.07. The van der Waals surface area contributed by atoms with Crippen LogP contribution in [0.25, 0.3) is 0 Å². The predicted molar refractivity (Wildman–Crippen MR) is 69.0 cm³/mol. The minimum atomic E-state index is -0.923. The molecule has 1 aromatic carbocycles. The molecular formula is C13H15BrO3. The maximum atomic E-state index is 11.3. The lowest BCUT2D eigenvalue weighted by molar-refractivity contribution is 0.0692. The van der Waals surface area contributed by atoms with E-state index in [9.17, 15) is 9.90 Å². The molecule has 17 heavy (non-hydrogen) atoms. The van der Waals surface area contributed by atoms with E-state index < -0.39 is 5.97 Å². The highest BCUT2D eigenvalue weighted by molar-refractivity contribution is 9.10. The molecule has 0 fully saturated rings. The first-order valence-corrected chi connectivity index (χ1v) is 6.48. The lowest BCUT2D eigenvalue weighted by atomic mass is 9.86. The summed E-state index contributed by atoms with van der Waals surface area (Å²) in [4.78, 5) is 11.3. The number of halogens is 1. The van der Waals surface area contributed by atoms with Crippen LogP contribution >= 0.6 is 15.9 Å². The van der Waals surface area contributed by atoms with Gasteiger partial charge in [0.15, 0.2) is 0 Å². The van der Waals surface area contributed by atoms with E-state index in [4.69, 9.17) is 4.74 Å². The third-order valence-electron chi connectivity index (χ3n) is 3.40. The van der Waals surface area contributed by atoms with Gasteiger partial charge in [-0.15, -0.1) is 0 Å². The minimum absolute atomic E-state index is 0.292. The number of benzene rings is 1. The summed E-state index contributed by atoms with van der Waals surface area (Å²) in [7, 11) is 1.52. The number of rotatable bonds is 2. The number of methoxy groups -OCH3 is 1. The van der Waals surface area contributed by atoms with Crippen LogP contribution in [0, 0.1) is 6.92 Å². The van der Waals surface area contributed by atoms with Crippen LogP contribution < -0.4 is 4.74 Å². The number of ether oxygens (including phenoxy) is 1. The summed E-state index contributed by atoms with van der Waals surface area (Å²) in [6, 6.07) is 0. The van der Waals surface area contributed by atoms with E-state index in [1.165, 1.54) is 18.2 Å². The molecule has 0 bridgehead atoms. The van der Waals surface area contributed by atoms with Crippen molar-refractivity contribution in [1.29, 1.82) is 0 Å². The molecule has 1 aliphatic rings. The van der Waals surface area contributed by atoms with Crippen LogP contribution in [0.3, 0.4) is 0 Å². The molecule has 0 aromatic heterocycles. The van der Waals surface area contributed by atoms with Crippen molar-refractivity contribution in [2.45, 2.75) is 32.6 Å². The Kier molecular flexibility index (Phi) is 3.43. The molecule has 0 saturated carbocycles. The van der Waals surface area contributed by atoms with Crippen LogP contribution in [-0.2, 0) is 12.8 Å². The SMILES string of the molecule is COc1c(Br)c2c(c(C)c1C(=O)O)CCCC2. The Morgan fingerprint density at radius 2 is 1.88 bits per heavy atom. The van der Waals surface area contributed by atoms with Crippen molar-refractivity contribution < 1.29 is 14.6 Å². The van der Waals surface area contributed by atoms with Gasteiger partial charge >= 0.3 is 5.97 Å². The van der Waals surface area contributed by atoms with E-state index in [0.29, 0.717) is 11.3 Å². The van der Waals surface area contributed by atoms with Gasteiger partial charge in [-0.25, -0.2) is 4.79 Å². The second-order valence-electron chi connectivity index (χ2n) is 4.32. The molecule has 1 N–H and O–H groups in total. The molecule has 0 radical (unpaired) electrons. The molecule has 0 amide bonds. The number of carbonyl (C=O) groups is 1. The average Bonchev–Trinajstić information content (AvgIpc) is 2.33. The first-order chi connectivity index (χ1) is 8.07. The van der Waals surface area contributed by atoms with Crippen molar-refractivity contribution >= 4 is 21.9 Å². The zero-order valence-corrected chi connectivity index (χ0v) is 11.6. The monoisotopic (exact) mass is 298 g/mol. The third kappa shape index (κ3) is 1.95. The third-order valence-corrected chi connectivity index (χ3v) is 4.24. The summed E-state index contributed by atoms with van der Waals surface area (Å²) >= 11 is 3.49. The van der Waals surface area contributed by atoms with E-state index in [2.05, 4.69) is 15.9 Å². The lowest BCUT2D eigenvalue weighted by Crippen LogP contribution is -2.13. The van der Waals surface area contributed by atoms with Crippen molar-refractivity contribution in [1.82, 2.24) is 0 Å². The summed E-state index contributed by atoms with van der Waals surface area (Å²) in [5.41, 5.74) is 3.55. The largest absolute Gasteiger partial charge is 0.495 e. The number of aromatic carboxylic acids is 1.